The summed E-state index contributed by atoms with van der Waals surface area (Å²) < 4.78 is 0. The van der Waals surface area contributed by atoms with Crippen molar-refractivity contribution >= 4 is 17.3 Å². The smallest absolute Gasteiger partial charge is 0.227 e. The standard InChI is InChI=1S/C17H24N2O/c1-13-6-2-3-9-16(13)18-14-7-4-8-15(12-14)19-11-5-10-17(19)20/h4,7-8,12-13,16,18H,2-3,5-6,9-11H2,1H3. The first kappa shape index (κ1) is 13.5. The van der Waals surface area contributed by atoms with Crippen molar-refractivity contribution in [1.82, 2.24) is 0 Å². The number of nitrogens with one attached hydrogen (secondary N) is 1. The van der Waals surface area contributed by atoms with Gasteiger partial charge in [0.2, 0.25) is 5.91 Å². The number of amides is 1. The fourth-order valence-electron chi connectivity index (χ4n) is 3.43. The molecule has 20 heavy (non-hydrogen) atoms. The second kappa shape index (κ2) is 5.86. The molecule has 0 radical (unpaired) electrons. The molecule has 2 unspecified atom stereocenters. The van der Waals surface area contributed by atoms with Crippen molar-refractivity contribution in [2.75, 3.05) is 16.8 Å². The van der Waals surface area contributed by atoms with Crippen LogP contribution >= 0.6 is 0 Å². The Hall–Kier alpha value is -1.51. The second-order valence-electron chi connectivity index (χ2n) is 6.21. The zero-order valence-electron chi connectivity index (χ0n) is 12.3. The van der Waals surface area contributed by atoms with Gasteiger partial charge < -0.3 is 10.2 Å². The van der Waals surface area contributed by atoms with Crippen LogP contribution in [0.1, 0.15) is 45.4 Å². The highest BCUT2D eigenvalue weighted by atomic mass is 16.2. The molecule has 1 aliphatic carbocycles. The molecule has 2 fully saturated rings. The zero-order chi connectivity index (χ0) is 13.9. The third-order valence-electron chi connectivity index (χ3n) is 4.69. The highest BCUT2D eigenvalue weighted by Crippen LogP contribution is 2.29. The molecule has 0 bridgehead atoms. The average Bonchev–Trinajstić information content (AvgIpc) is 2.88. The summed E-state index contributed by atoms with van der Waals surface area (Å²) in [5.41, 5.74) is 2.20. The van der Waals surface area contributed by atoms with Crippen LogP contribution in [0.25, 0.3) is 0 Å². The van der Waals surface area contributed by atoms with E-state index in [-0.39, 0.29) is 5.91 Å². The minimum atomic E-state index is 0.258. The maximum absolute atomic E-state index is 11.8. The van der Waals surface area contributed by atoms with E-state index < -0.39 is 0 Å². The molecule has 3 rings (SSSR count). The van der Waals surface area contributed by atoms with Gasteiger partial charge in [-0.2, -0.15) is 0 Å². The Labute approximate surface area is 121 Å². The lowest BCUT2D eigenvalue weighted by Crippen LogP contribution is -2.30. The number of anilines is 2. The van der Waals surface area contributed by atoms with Crippen LogP contribution in [0.3, 0.4) is 0 Å². The van der Waals surface area contributed by atoms with Gasteiger partial charge in [-0.15, -0.1) is 0 Å². The summed E-state index contributed by atoms with van der Waals surface area (Å²) in [7, 11) is 0. The van der Waals surface area contributed by atoms with E-state index in [2.05, 4.69) is 30.4 Å². The molecular weight excluding hydrogens is 248 g/mol. The van der Waals surface area contributed by atoms with Crippen molar-refractivity contribution in [3.8, 4) is 0 Å². The third kappa shape index (κ3) is 2.82. The van der Waals surface area contributed by atoms with Crippen LogP contribution in [0.2, 0.25) is 0 Å². The molecule has 1 amide bonds. The number of carbonyl (C=O) groups is 1. The summed E-state index contributed by atoms with van der Waals surface area (Å²) >= 11 is 0. The molecule has 1 N–H and O–H groups in total. The van der Waals surface area contributed by atoms with E-state index in [1.165, 1.54) is 25.7 Å². The molecule has 2 atom stereocenters. The summed E-state index contributed by atoms with van der Waals surface area (Å²) in [5, 5.41) is 3.67. The monoisotopic (exact) mass is 272 g/mol. The van der Waals surface area contributed by atoms with Gasteiger partial charge in [0.05, 0.1) is 0 Å². The Morgan fingerprint density at radius 1 is 1.20 bits per heavy atom. The predicted molar refractivity (Wildman–Crippen MR) is 83.1 cm³/mol. The van der Waals surface area contributed by atoms with E-state index >= 15 is 0 Å². The summed E-state index contributed by atoms with van der Waals surface area (Å²) in [5.74, 6) is 0.994. The minimum Gasteiger partial charge on any atom is -0.382 e. The van der Waals surface area contributed by atoms with Crippen molar-refractivity contribution in [2.24, 2.45) is 5.92 Å². The second-order valence-corrected chi connectivity index (χ2v) is 6.21. The van der Waals surface area contributed by atoms with Gasteiger partial charge in [-0.3, -0.25) is 4.79 Å². The fraction of sp³-hybridized carbons (Fsp3) is 0.588. The van der Waals surface area contributed by atoms with Gasteiger partial charge in [0.25, 0.3) is 0 Å². The van der Waals surface area contributed by atoms with E-state index in [4.69, 9.17) is 0 Å². The van der Waals surface area contributed by atoms with Crippen LogP contribution in [-0.2, 0) is 4.79 Å². The van der Waals surface area contributed by atoms with Crippen LogP contribution in [0.4, 0.5) is 11.4 Å². The molecule has 108 valence electrons. The first-order valence-electron chi connectivity index (χ1n) is 7.91. The maximum Gasteiger partial charge on any atom is 0.227 e. The summed E-state index contributed by atoms with van der Waals surface area (Å²) in [6.07, 6.45) is 6.94. The Bertz CT molecular complexity index is 486. The summed E-state index contributed by atoms with van der Waals surface area (Å²) in [6.45, 7) is 3.20. The first-order chi connectivity index (χ1) is 9.74. The fourth-order valence-corrected chi connectivity index (χ4v) is 3.43. The molecule has 1 saturated heterocycles. The van der Waals surface area contributed by atoms with Crippen LogP contribution < -0.4 is 10.2 Å². The zero-order valence-corrected chi connectivity index (χ0v) is 12.3. The topological polar surface area (TPSA) is 32.3 Å². The molecule has 3 nitrogen and oxygen atoms in total. The number of rotatable bonds is 3. The highest BCUT2D eigenvalue weighted by Gasteiger charge is 2.23. The van der Waals surface area contributed by atoms with Crippen LogP contribution in [0.15, 0.2) is 24.3 Å². The van der Waals surface area contributed by atoms with Crippen LogP contribution in [0.5, 0.6) is 0 Å². The quantitative estimate of drug-likeness (QED) is 0.907. The van der Waals surface area contributed by atoms with Gasteiger partial charge in [0, 0.05) is 30.4 Å². The van der Waals surface area contributed by atoms with Crippen molar-refractivity contribution in [2.45, 2.75) is 51.5 Å². The largest absolute Gasteiger partial charge is 0.382 e. The lowest BCUT2D eigenvalue weighted by molar-refractivity contribution is -0.117. The Morgan fingerprint density at radius 3 is 2.80 bits per heavy atom. The number of nitrogens with zero attached hydrogens (tertiary/aromatic N) is 1. The maximum atomic E-state index is 11.8. The predicted octanol–water partition coefficient (Wildman–Crippen LogP) is 3.80. The van der Waals surface area contributed by atoms with Gasteiger partial charge in [0.15, 0.2) is 0 Å². The number of hydrogen-bond donors (Lipinski definition) is 1. The van der Waals surface area contributed by atoms with Crippen molar-refractivity contribution < 1.29 is 4.79 Å². The van der Waals surface area contributed by atoms with Gasteiger partial charge in [-0.1, -0.05) is 25.8 Å². The van der Waals surface area contributed by atoms with Gasteiger partial charge in [-0.25, -0.2) is 0 Å². The third-order valence-corrected chi connectivity index (χ3v) is 4.69. The lowest BCUT2D eigenvalue weighted by atomic mass is 9.86. The summed E-state index contributed by atoms with van der Waals surface area (Å²) in [6, 6.07) is 8.92. The van der Waals surface area contributed by atoms with E-state index in [9.17, 15) is 4.79 Å². The number of benzene rings is 1. The summed E-state index contributed by atoms with van der Waals surface area (Å²) in [4.78, 5) is 13.7. The molecular formula is C17H24N2O. The molecule has 1 aliphatic heterocycles. The molecule has 1 aromatic carbocycles. The molecule has 1 saturated carbocycles. The first-order valence-corrected chi connectivity index (χ1v) is 7.91. The van der Waals surface area contributed by atoms with E-state index in [1.807, 2.05) is 11.0 Å². The highest BCUT2D eigenvalue weighted by molar-refractivity contribution is 5.95. The van der Waals surface area contributed by atoms with Gasteiger partial charge >= 0.3 is 0 Å². The van der Waals surface area contributed by atoms with Crippen LogP contribution in [-0.4, -0.2) is 18.5 Å². The van der Waals surface area contributed by atoms with Gasteiger partial charge in [0.1, 0.15) is 0 Å². The molecule has 1 aromatic rings. The Morgan fingerprint density at radius 2 is 2.05 bits per heavy atom. The number of carbonyl (C=O) groups excluding carboxylic acids is 1. The van der Waals surface area contributed by atoms with Gasteiger partial charge in [-0.05, 0) is 43.4 Å². The average molecular weight is 272 g/mol. The molecule has 0 aromatic heterocycles. The Balaban J connectivity index is 1.72. The molecule has 2 aliphatic rings. The SMILES string of the molecule is CC1CCCCC1Nc1cccc(N2CCCC2=O)c1. The van der Waals surface area contributed by atoms with Crippen molar-refractivity contribution in [3.63, 3.8) is 0 Å². The molecule has 3 heteroatoms. The number of hydrogen-bond acceptors (Lipinski definition) is 2. The molecule has 1 heterocycles. The normalized spacial score (nSPS) is 26.9. The van der Waals surface area contributed by atoms with Crippen molar-refractivity contribution in [3.05, 3.63) is 24.3 Å². The van der Waals surface area contributed by atoms with E-state index in [0.717, 1.165) is 30.3 Å². The van der Waals surface area contributed by atoms with E-state index in [0.29, 0.717) is 12.5 Å². The van der Waals surface area contributed by atoms with Crippen LogP contribution in [0, 0.1) is 5.92 Å². The van der Waals surface area contributed by atoms with Crippen molar-refractivity contribution in [1.29, 1.82) is 0 Å². The lowest BCUT2D eigenvalue weighted by Gasteiger charge is -2.30. The minimum absolute atomic E-state index is 0.258. The van der Waals surface area contributed by atoms with E-state index in [1.54, 1.807) is 0 Å². The molecule has 0 spiro atoms. The Kier molecular flexibility index (Phi) is 3.95.